The third-order valence-corrected chi connectivity index (χ3v) is 4.33. The number of amides is 3. The summed E-state index contributed by atoms with van der Waals surface area (Å²) in [5.41, 5.74) is 9.19. The van der Waals surface area contributed by atoms with E-state index in [1.54, 1.807) is 10.9 Å². The molecular weight excluding hydrogens is 372 g/mol. The normalized spacial score (nSPS) is 10.4. The minimum Gasteiger partial charge on any atom is -0.452 e. The van der Waals surface area contributed by atoms with Gasteiger partial charge in [-0.3, -0.25) is 10.1 Å². The van der Waals surface area contributed by atoms with E-state index in [0.29, 0.717) is 5.69 Å². The van der Waals surface area contributed by atoms with E-state index in [4.69, 9.17) is 10.5 Å². The van der Waals surface area contributed by atoms with Crippen molar-refractivity contribution in [2.24, 2.45) is 5.73 Å². The smallest absolute Gasteiger partial charge is 0.342 e. The number of aromatic nitrogens is 2. The first-order valence-electron chi connectivity index (χ1n) is 8.84. The minimum atomic E-state index is -1.02. The highest BCUT2D eigenvalue weighted by atomic mass is 16.5. The number of nitrogens with zero attached hydrogens (tertiary/aromatic N) is 2. The number of urea groups is 1. The first-order valence-corrected chi connectivity index (χ1v) is 8.84. The molecule has 0 saturated carbocycles. The van der Waals surface area contributed by atoms with Gasteiger partial charge in [0, 0.05) is 11.8 Å². The third kappa shape index (κ3) is 4.67. The second kappa shape index (κ2) is 8.39. The third-order valence-electron chi connectivity index (χ3n) is 4.33. The lowest BCUT2D eigenvalue weighted by Gasteiger charge is -2.06. The van der Waals surface area contributed by atoms with Gasteiger partial charge in [0.05, 0.1) is 5.69 Å². The first-order chi connectivity index (χ1) is 13.8. The summed E-state index contributed by atoms with van der Waals surface area (Å²) >= 11 is 0. The Kier molecular flexibility index (Phi) is 5.73. The van der Waals surface area contributed by atoms with Crippen molar-refractivity contribution >= 4 is 17.9 Å². The van der Waals surface area contributed by atoms with Crippen molar-refractivity contribution in [1.82, 2.24) is 15.1 Å². The molecule has 3 amide bonds. The monoisotopic (exact) mass is 392 g/mol. The molecule has 0 fully saturated rings. The van der Waals surface area contributed by atoms with E-state index < -0.39 is 24.5 Å². The largest absolute Gasteiger partial charge is 0.452 e. The Morgan fingerprint density at radius 2 is 1.79 bits per heavy atom. The van der Waals surface area contributed by atoms with Crippen LogP contribution in [0.4, 0.5) is 4.79 Å². The molecule has 29 heavy (non-hydrogen) atoms. The molecule has 0 radical (unpaired) electrons. The number of carbonyl (C=O) groups excluding carboxylic acids is 3. The molecule has 8 nitrogen and oxygen atoms in total. The Bertz CT molecular complexity index is 1070. The molecule has 148 valence electrons. The molecule has 1 heterocycles. The highest BCUT2D eigenvalue weighted by Gasteiger charge is 2.21. The number of nitrogens with two attached hydrogens (primary N) is 1. The van der Waals surface area contributed by atoms with Crippen molar-refractivity contribution in [1.29, 1.82) is 0 Å². The number of nitrogens with one attached hydrogen (secondary N) is 1. The number of imide groups is 1. The molecular formula is C21H20N4O4. The number of ether oxygens (including phenoxy) is 1. The Hall–Kier alpha value is -3.94. The zero-order valence-corrected chi connectivity index (χ0v) is 16.0. The van der Waals surface area contributed by atoms with Gasteiger partial charge in [-0.15, -0.1) is 0 Å². The molecule has 8 heteroatoms. The molecule has 2 aromatic carbocycles. The number of esters is 1. The lowest BCUT2D eigenvalue weighted by Crippen LogP contribution is -2.37. The van der Waals surface area contributed by atoms with Crippen LogP contribution in [0.1, 0.15) is 21.5 Å². The molecule has 0 spiro atoms. The Labute approximate surface area is 167 Å². The Morgan fingerprint density at radius 3 is 2.45 bits per heavy atom. The fraction of sp³-hybridized carbons (Fsp3) is 0.143. The van der Waals surface area contributed by atoms with Crippen LogP contribution in [-0.4, -0.2) is 34.3 Å². The van der Waals surface area contributed by atoms with Crippen molar-refractivity contribution < 1.29 is 19.1 Å². The number of primary amides is 1. The number of para-hydroxylation sites is 1. The molecule has 0 unspecified atom stereocenters. The number of hydrogen-bond donors (Lipinski definition) is 2. The molecule has 0 saturated heterocycles. The summed E-state index contributed by atoms with van der Waals surface area (Å²) in [5.74, 6) is -1.55. The van der Waals surface area contributed by atoms with Crippen LogP contribution in [-0.2, 0) is 9.53 Å². The fourth-order valence-corrected chi connectivity index (χ4v) is 2.72. The van der Waals surface area contributed by atoms with Crippen molar-refractivity contribution in [2.75, 3.05) is 6.61 Å². The molecule has 1 aromatic heterocycles. The second-order valence-electron chi connectivity index (χ2n) is 6.46. The standard InChI is InChI=1S/C21H20N4O4/c1-13-8-9-15(10-14(13)2)19-17(20(27)29-12-18(26)23-21(22)28)11-25(24-19)16-6-4-3-5-7-16/h3-11H,12H2,1-2H3,(H3,22,23,26,28). The number of carbonyl (C=O) groups is 3. The van der Waals surface area contributed by atoms with Crippen molar-refractivity contribution in [3.63, 3.8) is 0 Å². The number of aryl methyl sites for hydroxylation is 2. The molecule has 3 N–H and O–H groups in total. The van der Waals surface area contributed by atoms with E-state index in [1.807, 2.05) is 67.7 Å². The second-order valence-corrected chi connectivity index (χ2v) is 6.46. The van der Waals surface area contributed by atoms with Gasteiger partial charge in [-0.1, -0.05) is 30.3 Å². The number of benzene rings is 2. The average Bonchev–Trinajstić information content (AvgIpc) is 3.14. The van der Waals surface area contributed by atoms with Gasteiger partial charge < -0.3 is 10.5 Å². The summed E-state index contributed by atoms with van der Waals surface area (Å²) in [5, 5.41) is 6.40. The highest BCUT2D eigenvalue weighted by Crippen LogP contribution is 2.26. The van der Waals surface area contributed by atoms with Crippen LogP contribution in [0.5, 0.6) is 0 Å². The highest BCUT2D eigenvalue weighted by molar-refractivity contribution is 5.99. The van der Waals surface area contributed by atoms with Crippen LogP contribution in [0.15, 0.2) is 54.7 Å². The maximum atomic E-state index is 12.7. The van der Waals surface area contributed by atoms with Crippen LogP contribution < -0.4 is 11.1 Å². The topological polar surface area (TPSA) is 116 Å². The van der Waals surface area contributed by atoms with E-state index in [-0.39, 0.29) is 5.56 Å². The van der Waals surface area contributed by atoms with Crippen molar-refractivity contribution in [3.8, 4) is 16.9 Å². The summed E-state index contributed by atoms with van der Waals surface area (Å²) in [6, 6.07) is 14.0. The lowest BCUT2D eigenvalue weighted by molar-refractivity contribution is -0.123. The Morgan fingerprint density at radius 1 is 1.07 bits per heavy atom. The van der Waals surface area contributed by atoms with Crippen LogP contribution in [0, 0.1) is 13.8 Å². The van der Waals surface area contributed by atoms with Crippen LogP contribution in [0.3, 0.4) is 0 Å². The molecule has 0 aliphatic carbocycles. The summed E-state index contributed by atoms with van der Waals surface area (Å²) in [7, 11) is 0. The van der Waals surface area contributed by atoms with E-state index in [2.05, 4.69) is 5.10 Å². The van der Waals surface area contributed by atoms with E-state index in [0.717, 1.165) is 22.4 Å². The SMILES string of the molecule is Cc1ccc(-c2nn(-c3ccccc3)cc2C(=O)OCC(=O)NC(N)=O)cc1C. The van der Waals surface area contributed by atoms with Gasteiger partial charge >= 0.3 is 12.0 Å². The Balaban J connectivity index is 1.96. The number of rotatable bonds is 5. The molecule has 3 aromatic rings. The van der Waals surface area contributed by atoms with E-state index in [9.17, 15) is 14.4 Å². The van der Waals surface area contributed by atoms with E-state index >= 15 is 0 Å². The quantitative estimate of drug-likeness (QED) is 0.647. The van der Waals surface area contributed by atoms with Crippen molar-refractivity contribution in [3.05, 3.63) is 71.4 Å². The lowest BCUT2D eigenvalue weighted by atomic mass is 10.0. The van der Waals surface area contributed by atoms with Gasteiger partial charge in [0.15, 0.2) is 6.61 Å². The predicted molar refractivity (Wildman–Crippen MR) is 106 cm³/mol. The molecule has 0 bridgehead atoms. The zero-order chi connectivity index (χ0) is 21.0. The summed E-state index contributed by atoms with van der Waals surface area (Å²) in [6.45, 7) is 3.33. The molecule has 0 atom stereocenters. The fourth-order valence-electron chi connectivity index (χ4n) is 2.72. The number of hydrogen-bond acceptors (Lipinski definition) is 5. The summed E-state index contributed by atoms with van der Waals surface area (Å²) in [6.07, 6.45) is 1.55. The average molecular weight is 392 g/mol. The van der Waals surface area contributed by atoms with Gasteiger partial charge in [-0.2, -0.15) is 5.10 Å². The van der Waals surface area contributed by atoms with Crippen LogP contribution >= 0.6 is 0 Å². The summed E-state index contributed by atoms with van der Waals surface area (Å²) in [4.78, 5) is 34.9. The molecule has 0 aliphatic rings. The minimum absolute atomic E-state index is 0.198. The first kappa shape index (κ1) is 19.8. The van der Waals surface area contributed by atoms with Crippen molar-refractivity contribution in [2.45, 2.75) is 13.8 Å². The van der Waals surface area contributed by atoms with E-state index in [1.165, 1.54) is 0 Å². The zero-order valence-electron chi connectivity index (χ0n) is 16.0. The van der Waals surface area contributed by atoms with Gasteiger partial charge in [0.2, 0.25) is 0 Å². The van der Waals surface area contributed by atoms with Gasteiger partial charge in [-0.05, 0) is 43.2 Å². The van der Waals surface area contributed by atoms with Gasteiger partial charge in [0.25, 0.3) is 5.91 Å². The summed E-state index contributed by atoms with van der Waals surface area (Å²) < 4.78 is 6.62. The van der Waals surface area contributed by atoms with Gasteiger partial charge in [-0.25, -0.2) is 14.3 Å². The van der Waals surface area contributed by atoms with Gasteiger partial charge in [0.1, 0.15) is 11.3 Å². The maximum Gasteiger partial charge on any atom is 0.342 e. The molecule has 3 rings (SSSR count). The molecule has 0 aliphatic heterocycles. The maximum absolute atomic E-state index is 12.7. The van der Waals surface area contributed by atoms with Crippen LogP contribution in [0.25, 0.3) is 16.9 Å². The van der Waals surface area contributed by atoms with Crippen LogP contribution in [0.2, 0.25) is 0 Å². The predicted octanol–water partition coefficient (Wildman–Crippen LogP) is 2.51.